The minimum Gasteiger partial charge on any atom is -0.367 e. The van der Waals surface area contributed by atoms with Gasteiger partial charge in [0.2, 0.25) is 0 Å². The summed E-state index contributed by atoms with van der Waals surface area (Å²) in [4.78, 5) is 17.0. The van der Waals surface area contributed by atoms with Crippen LogP contribution < -0.4 is 10.9 Å². The van der Waals surface area contributed by atoms with E-state index in [1.807, 2.05) is 29.6 Å². The molecular formula is C20H24N6O. The fraction of sp³-hybridized carbons (Fsp3) is 0.500. The molecule has 0 aliphatic heterocycles. The number of aromatic nitrogens is 5. The van der Waals surface area contributed by atoms with Crippen LogP contribution in [-0.2, 0) is 12.8 Å². The quantitative estimate of drug-likeness (QED) is 0.773. The maximum atomic E-state index is 12.5. The van der Waals surface area contributed by atoms with Gasteiger partial charge in [0, 0.05) is 29.9 Å². The first-order chi connectivity index (χ1) is 13.2. The van der Waals surface area contributed by atoms with E-state index in [-0.39, 0.29) is 11.6 Å². The zero-order valence-electron chi connectivity index (χ0n) is 15.6. The first-order valence-corrected chi connectivity index (χ1v) is 9.87. The Labute approximate surface area is 157 Å². The Balaban J connectivity index is 1.31. The number of hydrogen-bond acceptors (Lipinski definition) is 5. The number of anilines is 1. The van der Waals surface area contributed by atoms with Crippen molar-refractivity contribution in [3.8, 4) is 0 Å². The van der Waals surface area contributed by atoms with Gasteiger partial charge in [-0.25, -0.2) is 9.67 Å². The van der Waals surface area contributed by atoms with Crippen LogP contribution in [0.2, 0.25) is 0 Å². The van der Waals surface area contributed by atoms with E-state index in [9.17, 15) is 4.79 Å². The van der Waals surface area contributed by atoms with Gasteiger partial charge in [0.05, 0.1) is 17.9 Å². The van der Waals surface area contributed by atoms with Crippen molar-refractivity contribution in [2.24, 2.45) is 0 Å². The van der Waals surface area contributed by atoms with Gasteiger partial charge in [0.15, 0.2) is 5.65 Å². The molecule has 0 amide bonds. The molecule has 7 heteroatoms. The maximum absolute atomic E-state index is 12.5. The molecule has 7 nitrogen and oxygen atoms in total. The highest BCUT2D eigenvalue weighted by Gasteiger charge is 2.26. The lowest BCUT2D eigenvalue weighted by atomic mass is 9.91. The first-order valence-electron chi connectivity index (χ1n) is 9.87. The molecule has 3 aromatic heterocycles. The molecule has 2 aliphatic carbocycles. The molecule has 1 saturated carbocycles. The zero-order valence-corrected chi connectivity index (χ0v) is 15.6. The molecule has 0 spiro atoms. The van der Waals surface area contributed by atoms with Gasteiger partial charge in [-0.2, -0.15) is 14.7 Å². The monoisotopic (exact) mass is 364 g/mol. The smallest absolute Gasteiger partial charge is 0.267 e. The molecule has 0 bridgehead atoms. The van der Waals surface area contributed by atoms with Crippen LogP contribution in [0.25, 0.3) is 5.65 Å². The fourth-order valence-electron chi connectivity index (χ4n) is 4.49. The highest BCUT2D eigenvalue weighted by Crippen LogP contribution is 2.30. The summed E-state index contributed by atoms with van der Waals surface area (Å²) in [5.74, 6) is 0.985. The van der Waals surface area contributed by atoms with Crippen molar-refractivity contribution in [2.45, 2.75) is 64.0 Å². The number of fused-ring (bicyclic) bond motifs is 2. The van der Waals surface area contributed by atoms with Crippen LogP contribution in [0.1, 0.15) is 55.1 Å². The van der Waals surface area contributed by atoms with Crippen molar-refractivity contribution in [1.82, 2.24) is 24.4 Å². The lowest BCUT2D eigenvalue weighted by molar-refractivity contribution is 0.301. The summed E-state index contributed by atoms with van der Waals surface area (Å²) in [6.07, 6.45) is 8.87. The van der Waals surface area contributed by atoms with Crippen LogP contribution in [0.15, 0.2) is 29.2 Å². The van der Waals surface area contributed by atoms with Crippen LogP contribution >= 0.6 is 0 Å². The standard InChI is InChI=1S/C20H24N6O/c1-13-11-19(26-18(22-13)9-10-21-26)23-15-5-7-16(8-6-15)25-20(27)12-14-3-2-4-17(14)24-25/h9-12,15-16,23H,2-8H2,1H3. The van der Waals surface area contributed by atoms with Crippen LogP contribution in [-0.4, -0.2) is 30.4 Å². The summed E-state index contributed by atoms with van der Waals surface area (Å²) >= 11 is 0. The number of hydrogen-bond donors (Lipinski definition) is 1. The van der Waals surface area contributed by atoms with Crippen molar-refractivity contribution in [2.75, 3.05) is 5.32 Å². The number of nitrogens with zero attached hydrogens (tertiary/aromatic N) is 5. The minimum absolute atomic E-state index is 0.0649. The maximum Gasteiger partial charge on any atom is 0.267 e. The van der Waals surface area contributed by atoms with Crippen molar-refractivity contribution in [3.05, 3.63) is 51.7 Å². The van der Waals surface area contributed by atoms with E-state index < -0.39 is 0 Å². The molecule has 140 valence electrons. The van der Waals surface area contributed by atoms with Crippen LogP contribution in [0.4, 0.5) is 5.82 Å². The number of aryl methyl sites for hydroxylation is 3. The second kappa shape index (κ2) is 6.48. The second-order valence-electron chi connectivity index (χ2n) is 7.79. The van der Waals surface area contributed by atoms with Crippen molar-refractivity contribution in [3.63, 3.8) is 0 Å². The Kier molecular flexibility index (Phi) is 3.95. The van der Waals surface area contributed by atoms with Crippen molar-refractivity contribution < 1.29 is 0 Å². The van der Waals surface area contributed by atoms with Gasteiger partial charge in [-0.3, -0.25) is 4.79 Å². The van der Waals surface area contributed by atoms with E-state index in [1.165, 1.54) is 0 Å². The lowest BCUT2D eigenvalue weighted by Gasteiger charge is -2.30. The first kappa shape index (κ1) is 16.5. The van der Waals surface area contributed by atoms with Gasteiger partial charge >= 0.3 is 0 Å². The number of rotatable bonds is 3. The number of nitrogens with one attached hydrogen (secondary N) is 1. The average molecular weight is 364 g/mol. The van der Waals surface area contributed by atoms with Gasteiger partial charge in [-0.15, -0.1) is 0 Å². The van der Waals surface area contributed by atoms with E-state index in [0.717, 1.165) is 73.4 Å². The summed E-state index contributed by atoms with van der Waals surface area (Å²) < 4.78 is 3.61. The zero-order chi connectivity index (χ0) is 18.4. The topological polar surface area (TPSA) is 77.1 Å². The SMILES string of the molecule is Cc1cc(NC2CCC(n3nc4c(cc3=O)CCC4)CC2)n2nccc2n1. The molecule has 0 unspecified atom stereocenters. The predicted molar refractivity (Wildman–Crippen MR) is 103 cm³/mol. The Morgan fingerprint density at radius 2 is 2.00 bits per heavy atom. The summed E-state index contributed by atoms with van der Waals surface area (Å²) in [6.45, 7) is 2.00. The van der Waals surface area contributed by atoms with Gasteiger partial charge in [0.25, 0.3) is 5.56 Å². The lowest BCUT2D eigenvalue weighted by Crippen LogP contribution is -2.34. The molecule has 0 radical (unpaired) electrons. The minimum atomic E-state index is 0.0649. The van der Waals surface area contributed by atoms with E-state index in [0.29, 0.717) is 6.04 Å². The summed E-state index contributed by atoms with van der Waals surface area (Å²) in [5, 5.41) is 12.7. The van der Waals surface area contributed by atoms with E-state index in [1.54, 1.807) is 10.9 Å². The molecule has 1 N–H and O–H groups in total. The fourth-order valence-corrected chi connectivity index (χ4v) is 4.49. The predicted octanol–water partition coefficient (Wildman–Crippen LogP) is 2.68. The molecule has 27 heavy (non-hydrogen) atoms. The molecule has 2 aliphatic rings. The molecule has 0 aromatic carbocycles. The van der Waals surface area contributed by atoms with E-state index in [4.69, 9.17) is 5.10 Å². The van der Waals surface area contributed by atoms with E-state index in [2.05, 4.69) is 15.4 Å². The van der Waals surface area contributed by atoms with Gasteiger partial charge in [-0.05, 0) is 57.4 Å². The van der Waals surface area contributed by atoms with E-state index >= 15 is 0 Å². The van der Waals surface area contributed by atoms with Gasteiger partial charge in [-0.1, -0.05) is 0 Å². The molecular weight excluding hydrogens is 340 g/mol. The Morgan fingerprint density at radius 3 is 2.85 bits per heavy atom. The molecule has 3 heterocycles. The Bertz CT molecular complexity index is 1040. The highest BCUT2D eigenvalue weighted by molar-refractivity contribution is 5.49. The summed E-state index contributed by atoms with van der Waals surface area (Å²) in [7, 11) is 0. The normalized spacial score (nSPS) is 22.1. The largest absolute Gasteiger partial charge is 0.367 e. The Hall–Kier alpha value is -2.70. The molecule has 3 aromatic rings. The van der Waals surface area contributed by atoms with Gasteiger partial charge < -0.3 is 5.32 Å². The van der Waals surface area contributed by atoms with Gasteiger partial charge in [0.1, 0.15) is 5.82 Å². The molecule has 1 fully saturated rings. The summed E-state index contributed by atoms with van der Waals surface area (Å²) in [5.41, 5.74) is 4.19. The average Bonchev–Trinajstić information content (AvgIpc) is 3.30. The van der Waals surface area contributed by atoms with Crippen molar-refractivity contribution >= 4 is 11.5 Å². The second-order valence-corrected chi connectivity index (χ2v) is 7.79. The Morgan fingerprint density at radius 1 is 1.15 bits per heavy atom. The van der Waals surface area contributed by atoms with Crippen LogP contribution in [0, 0.1) is 6.92 Å². The van der Waals surface area contributed by atoms with Crippen molar-refractivity contribution in [1.29, 1.82) is 0 Å². The molecule has 0 saturated heterocycles. The third kappa shape index (κ3) is 3.01. The van der Waals surface area contributed by atoms with Crippen LogP contribution in [0.3, 0.4) is 0 Å². The molecule has 5 rings (SSSR count). The molecule has 0 atom stereocenters. The third-order valence-corrected chi connectivity index (χ3v) is 5.86. The van der Waals surface area contributed by atoms with Crippen LogP contribution in [0.5, 0.6) is 0 Å². The highest BCUT2D eigenvalue weighted by atomic mass is 16.1. The summed E-state index contributed by atoms with van der Waals surface area (Å²) in [6, 6.07) is 6.36. The third-order valence-electron chi connectivity index (χ3n) is 5.86.